The van der Waals surface area contributed by atoms with E-state index in [1.807, 2.05) is 26.1 Å². The van der Waals surface area contributed by atoms with Gasteiger partial charge >= 0.3 is 6.03 Å². The van der Waals surface area contributed by atoms with Crippen molar-refractivity contribution in [1.82, 2.24) is 10.2 Å². The molecule has 0 radical (unpaired) electrons. The van der Waals surface area contributed by atoms with Gasteiger partial charge in [-0.05, 0) is 26.1 Å². The number of anilines is 1. The number of carbonyl (C=O) groups is 1. The maximum absolute atomic E-state index is 12.0. The van der Waals surface area contributed by atoms with E-state index in [0.29, 0.717) is 17.3 Å². The van der Waals surface area contributed by atoms with E-state index in [2.05, 4.69) is 15.5 Å². The van der Waals surface area contributed by atoms with Gasteiger partial charge in [0.15, 0.2) is 0 Å². The van der Waals surface area contributed by atoms with Crippen LogP contribution in [-0.4, -0.2) is 49.8 Å². The highest BCUT2D eigenvalue weighted by Gasteiger charge is 2.32. The molecule has 2 amide bonds. The fourth-order valence-corrected chi connectivity index (χ4v) is 2.56. The predicted molar refractivity (Wildman–Crippen MR) is 80.3 cm³/mol. The summed E-state index contributed by atoms with van der Waals surface area (Å²) in [6.45, 7) is 4.20. The van der Waals surface area contributed by atoms with Crippen molar-refractivity contribution in [3.8, 4) is 0 Å². The average molecular weight is 298 g/mol. The van der Waals surface area contributed by atoms with E-state index in [0.717, 1.165) is 13.1 Å². The Labute approximate surface area is 124 Å². The van der Waals surface area contributed by atoms with Crippen LogP contribution in [0.3, 0.4) is 0 Å². The molecular formula is C14H20ClN3O2. The number of amides is 2. The third-order valence-electron chi connectivity index (χ3n) is 3.27. The normalized spacial score (nSPS) is 22.8. The lowest BCUT2D eigenvalue weighted by molar-refractivity contribution is 0.0568. The average Bonchev–Trinajstić information content (AvgIpc) is 2.73. The first-order valence-corrected chi connectivity index (χ1v) is 7.10. The minimum Gasteiger partial charge on any atom is -0.375 e. The van der Waals surface area contributed by atoms with Crippen LogP contribution in [0.15, 0.2) is 24.3 Å². The Morgan fingerprint density at radius 2 is 2.20 bits per heavy atom. The molecular weight excluding hydrogens is 278 g/mol. The molecule has 0 aliphatic carbocycles. The highest BCUT2D eigenvalue weighted by molar-refractivity contribution is 6.33. The summed E-state index contributed by atoms with van der Waals surface area (Å²) < 4.78 is 5.65. The molecule has 0 bridgehead atoms. The first-order chi connectivity index (χ1) is 9.60. The van der Waals surface area contributed by atoms with Crippen LogP contribution in [0.5, 0.6) is 0 Å². The third kappa shape index (κ3) is 3.85. The number of hydrogen-bond donors (Lipinski definition) is 2. The largest absolute Gasteiger partial charge is 0.375 e. The van der Waals surface area contributed by atoms with Crippen molar-refractivity contribution in [3.05, 3.63) is 29.3 Å². The number of likely N-dealkylation sites (tertiary alicyclic amines) is 1. The monoisotopic (exact) mass is 297 g/mol. The van der Waals surface area contributed by atoms with Gasteiger partial charge in [0.25, 0.3) is 0 Å². The van der Waals surface area contributed by atoms with E-state index < -0.39 is 0 Å². The van der Waals surface area contributed by atoms with Gasteiger partial charge in [-0.1, -0.05) is 23.7 Å². The van der Waals surface area contributed by atoms with Gasteiger partial charge in [-0.25, -0.2) is 4.79 Å². The number of hydrogen-bond acceptors (Lipinski definition) is 3. The number of nitrogens with one attached hydrogen (secondary N) is 2. The Morgan fingerprint density at radius 3 is 2.90 bits per heavy atom. The number of carbonyl (C=O) groups excluding carboxylic acids is 1. The van der Waals surface area contributed by atoms with Gasteiger partial charge in [-0.2, -0.15) is 0 Å². The van der Waals surface area contributed by atoms with Crippen molar-refractivity contribution in [1.29, 1.82) is 0 Å². The smallest absolute Gasteiger partial charge is 0.319 e. The van der Waals surface area contributed by atoms with Crippen LogP contribution in [0.2, 0.25) is 5.02 Å². The van der Waals surface area contributed by atoms with Crippen molar-refractivity contribution in [2.75, 3.05) is 32.1 Å². The second kappa shape index (κ2) is 6.92. The van der Waals surface area contributed by atoms with Crippen molar-refractivity contribution in [2.24, 2.45) is 0 Å². The lowest BCUT2D eigenvalue weighted by Gasteiger charge is -2.20. The highest BCUT2D eigenvalue weighted by atomic mass is 35.5. The van der Waals surface area contributed by atoms with Gasteiger partial charge in [0.1, 0.15) is 0 Å². The fourth-order valence-electron chi connectivity index (χ4n) is 2.37. The lowest BCUT2D eigenvalue weighted by Crippen LogP contribution is -2.45. The predicted octanol–water partition coefficient (Wildman–Crippen LogP) is 2.18. The van der Waals surface area contributed by atoms with Crippen LogP contribution in [0.1, 0.15) is 6.92 Å². The number of para-hydroxylation sites is 1. The SMILES string of the molecule is CCO[C@@H]1CN(C)C[C@H]1NC(=O)Nc1ccccc1Cl. The summed E-state index contributed by atoms with van der Waals surface area (Å²) in [4.78, 5) is 14.2. The Bertz CT molecular complexity index is 469. The van der Waals surface area contributed by atoms with Gasteiger partial charge in [0, 0.05) is 19.7 Å². The Kier molecular flexibility index (Phi) is 5.23. The van der Waals surface area contributed by atoms with Gasteiger partial charge in [-0.3, -0.25) is 0 Å². The van der Waals surface area contributed by atoms with Crippen LogP contribution >= 0.6 is 11.6 Å². The first-order valence-electron chi connectivity index (χ1n) is 6.72. The molecule has 6 heteroatoms. The quantitative estimate of drug-likeness (QED) is 0.896. The summed E-state index contributed by atoms with van der Waals surface area (Å²) in [6.07, 6.45) is 0.0296. The van der Waals surface area contributed by atoms with Gasteiger partial charge < -0.3 is 20.3 Å². The molecule has 1 aliphatic rings. The minimum absolute atomic E-state index is 0.0116. The Hall–Kier alpha value is -1.30. The summed E-state index contributed by atoms with van der Waals surface area (Å²) in [5, 5.41) is 6.22. The molecule has 2 atom stereocenters. The molecule has 0 unspecified atom stereocenters. The molecule has 1 aromatic rings. The highest BCUT2D eigenvalue weighted by Crippen LogP contribution is 2.20. The van der Waals surface area contributed by atoms with Crippen molar-refractivity contribution in [2.45, 2.75) is 19.1 Å². The van der Waals surface area contributed by atoms with Crippen LogP contribution in [0, 0.1) is 0 Å². The Balaban J connectivity index is 1.92. The van der Waals surface area contributed by atoms with Crippen LogP contribution in [-0.2, 0) is 4.74 Å². The summed E-state index contributed by atoms with van der Waals surface area (Å²) in [6, 6.07) is 6.88. The summed E-state index contributed by atoms with van der Waals surface area (Å²) in [5.74, 6) is 0. The zero-order valence-corrected chi connectivity index (χ0v) is 12.5. The number of likely N-dealkylation sites (N-methyl/N-ethyl adjacent to an activating group) is 1. The third-order valence-corrected chi connectivity index (χ3v) is 3.60. The molecule has 1 aromatic carbocycles. The molecule has 0 saturated carbocycles. The standard InChI is InChI=1S/C14H20ClN3O2/c1-3-20-13-9-18(2)8-12(13)17-14(19)16-11-7-5-4-6-10(11)15/h4-7,12-13H,3,8-9H2,1-2H3,(H2,16,17,19)/t12-,13-/m1/s1. The van der Waals surface area contributed by atoms with Crippen molar-refractivity contribution < 1.29 is 9.53 Å². The number of benzene rings is 1. The minimum atomic E-state index is -0.261. The second-order valence-corrected chi connectivity index (χ2v) is 5.31. The number of urea groups is 1. The zero-order valence-electron chi connectivity index (χ0n) is 11.7. The molecule has 1 fully saturated rings. The topological polar surface area (TPSA) is 53.6 Å². The lowest BCUT2D eigenvalue weighted by atomic mass is 10.2. The van der Waals surface area contributed by atoms with Gasteiger partial charge in [0.05, 0.1) is 22.9 Å². The molecule has 1 saturated heterocycles. The number of nitrogens with zero attached hydrogens (tertiary/aromatic N) is 1. The van der Waals surface area contributed by atoms with E-state index in [9.17, 15) is 4.79 Å². The Morgan fingerprint density at radius 1 is 1.45 bits per heavy atom. The zero-order chi connectivity index (χ0) is 14.5. The molecule has 20 heavy (non-hydrogen) atoms. The van der Waals surface area contributed by atoms with E-state index in [-0.39, 0.29) is 18.2 Å². The van der Waals surface area contributed by atoms with Crippen molar-refractivity contribution in [3.63, 3.8) is 0 Å². The van der Waals surface area contributed by atoms with Crippen molar-refractivity contribution >= 4 is 23.3 Å². The molecule has 1 heterocycles. The summed E-state index contributed by atoms with van der Waals surface area (Å²) in [5.41, 5.74) is 0.603. The molecule has 5 nitrogen and oxygen atoms in total. The van der Waals surface area contributed by atoms with E-state index >= 15 is 0 Å². The van der Waals surface area contributed by atoms with E-state index in [4.69, 9.17) is 16.3 Å². The molecule has 1 aliphatic heterocycles. The summed E-state index contributed by atoms with van der Waals surface area (Å²) in [7, 11) is 2.01. The molecule has 110 valence electrons. The molecule has 0 aromatic heterocycles. The maximum Gasteiger partial charge on any atom is 0.319 e. The van der Waals surface area contributed by atoms with E-state index in [1.165, 1.54) is 0 Å². The van der Waals surface area contributed by atoms with Crippen LogP contribution in [0.4, 0.5) is 10.5 Å². The maximum atomic E-state index is 12.0. The number of halogens is 1. The number of ether oxygens (including phenoxy) is 1. The van der Waals surface area contributed by atoms with E-state index in [1.54, 1.807) is 12.1 Å². The summed E-state index contributed by atoms with van der Waals surface area (Å²) >= 11 is 6.01. The second-order valence-electron chi connectivity index (χ2n) is 4.90. The molecule has 2 rings (SSSR count). The van der Waals surface area contributed by atoms with Crippen LogP contribution < -0.4 is 10.6 Å². The number of rotatable bonds is 4. The fraction of sp³-hybridized carbons (Fsp3) is 0.500. The van der Waals surface area contributed by atoms with Gasteiger partial charge in [0.2, 0.25) is 0 Å². The molecule has 0 spiro atoms. The molecule has 2 N–H and O–H groups in total. The van der Waals surface area contributed by atoms with Crippen LogP contribution in [0.25, 0.3) is 0 Å². The first kappa shape index (κ1) is 15.1. The van der Waals surface area contributed by atoms with Gasteiger partial charge in [-0.15, -0.1) is 0 Å².